The number of aliphatic hydroxyl groups excluding tert-OH is 1. The molecule has 0 spiro atoms. The third-order valence-electron chi connectivity index (χ3n) is 6.68. The van der Waals surface area contributed by atoms with Crippen LogP contribution in [-0.2, 0) is 14.8 Å². The third kappa shape index (κ3) is 6.73. The Morgan fingerprint density at radius 1 is 1.26 bits per heavy atom. The molecule has 8 heteroatoms. The summed E-state index contributed by atoms with van der Waals surface area (Å²) in [5.41, 5.74) is 0.742. The second kappa shape index (κ2) is 12.4. The fraction of sp³-hybridized carbons (Fsp3) is 0.692. The minimum atomic E-state index is -3.83. The minimum absolute atomic E-state index is 0.0658. The van der Waals surface area contributed by atoms with Gasteiger partial charge in [-0.05, 0) is 57.4 Å². The molecule has 1 aromatic rings. The number of sulfonamides is 1. The Kier molecular flexibility index (Phi) is 9.81. The van der Waals surface area contributed by atoms with Gasteiger partial charge in [0, 0.05) is 56.8 Å². The van der Waals surface area contributed by atoms with E-state index in [1.165, 1.54) is 4.31 Å². The highest BCUT2D eigenvalue weighted by atomic mass is 32.2. The van der Waals surface area contributed by atoms with E-state index in [1.807, 2.05) is 6.92 Å². The van der Waals surface area contributed by atoms with Crippen LogP contribution >= 0.6 is 0 Å². The summed E-state index contributed by atoms with van der Waals surface area (Å²) in [6, 6.07) is 4.56. The number of aliphatic hydroxyl groups is 1. The zero-order valence-electron chi connectivity index (χ0n) is 21.0. The zero-order chi connectivity index (χ0) is 24.7. The van der Waals surface area contributed by atoms with Crippen LogP contribution in [0.15, 0.2) is 23.1 Å². The molecule has 0 unspecified atom stereocenters. The summed E-state index contributed by atoms with van der Waals surface area (Å²) in [5.74, 6) is 7.12. The highest BCUT2D eigenvalue weighted by Crippen LogP contribution is 2.34. The summed E-state index contributed by atoms with van der Waals surface area (Å²) in [6.45, 7) is 9.16. The fourth-order valence-corrected chi connectivity index (χ4v) is 6.39. The van der Waals surface area contributed by atoms with Crippen molar-refractivity contribution < 1.29 is 23.0 Å². The molecular weight excluding hydrogens is 452 g/mol. The Hall–Kier alpha value is -1.63. The van der Waals surface area contributed by atoms with Crippen molar-refractivity contribution >= 4 is 10.0 Å². The maximum atomic E-state index is 13.6. The SMILES string of the molecule is CCCC#Cc1ccc2c(c1)O[C@H](CN(C)CC1CCOCC1)[C@@H](C)CN([C@H](C)CO)S2(=O)=O. The van der Waals surface area contributed by atoms with Crippen LogP contribution in [0, 0.1) is 23.7 Å². The highest BCUT2D eigenvalue weighted by Gasteiger charge is 2.38. The predicted molar refractivity (Wildman–Crippen MR) is 133 cm³/mol. The summed E-state index contributed by atoms with van der Waals surface area (Å²) in [5, 5.41) is 9.80. The Labute approximate surface area is 205 Å². The Bertz CT molecular complexity index is 965. The van der Waals surface area contributed by atoms with E-state index >= 15 is 0 Å². The van der Waals surface area contributed by atoms with E-state index in [4.69, 9.17) is 9.47 Å². The lowest BCUT2D eigenvalue weighted by Crippen LogP contribution is -2.50. The molecule has 1 saturated heterocycles. The van der Waals surface area contributed by atoms with Crippen LogP contribution in [-0.4, -0.2) is 81.4 Å². The average Bonchev–Trinajstić information content (AvgIpc) is 2.81. The molecule has 0 radical (unpaired) electrons. The van der Waals surface area contributed by atoms with E-state index in [-0.39, 0.29) is 30.1 Å². The van der Waals surface area contributed by atoms with E-state index in [2.05, 4.69) is 30.7 Å². The molecule has 2 aliphatic heterocycles. The minimum Gasteiger partial charge on any atom is -0.487 e. The monoisotopic (exact) mass is 492 g/mol. The number of rotatable bonds is 7. The summed E-state index contributed by atoms with van der Waals surface area (Å²) in [7, 11) is -1.73. The number of benzene rings is 1. The van der Waals surface area contributed by atoms with Crippen molar-refractivity contribution in [2.24, 2.45) is 11.8 Å². The maximum Gasteiger partial charge on any atom is 0.247 e. The van der Waals surface area contributed by atoms with Crippen molar-refractivity contribution in [1.29, 1.82) is 0 Å². The van der Waals surface area contributed by atoms with Gasteiger partial charge in [0.15, 0.2) is 0 Å². The predicted octanol–water partition coefficient (Wildman–Crippen LogP) is 2.97. The van der Waals surface area contributed by atoms with Crippen LogP contribution in [0.4, 0.5) is 0 Å². The van der Waals surface area contributed by atoms with E-state index < -0.39 is 16.1 Å². The molecule has 1 aromatic carbocycles. The van der Waals surface area contributed by atoms with Crippen molar-refractivity contribution in [3.63, 3.8) is 0 Å². The highest BCUT2D eigenvalue weighted by molar-refractivity contribution is 7.89. The van der Waals surface area contributed by atoms with Crippen LogP contribution < -0.4 is 4.74 Å². The number of fused-ring (bicyclic) bond motifs is 1. The lowest BCUT2D eigenvalue weighted by molar-refractivity contribution is 0.0402. The molecule has 3 atom stereocenters. The van der Waals surface area contributed by atoms with Gasteiger partial charge in [-0.25, -0.2) is 8.42 Å². The molecule has 2 aliphatic rings. The molecule has 2 heterocycles. The van der Waals surface area contributed by atoms with Crippen molar-refractivity contribution in [1.82, 2.24) is 9.21 Å². The molecule has 3 rings (SSSR count). The van der Waals surface area contributed by atoms with E-state index in [9.17, 15) is 13.5 Å². The van der Waals surface area contributed by atoms with Gasteiger partial charge in [-0.1, -0.05) is 25.7 Å². The summed E-state index contributed by atoms with van der Waals surface area (Å²) in [6.07, 6.45) is 3.68. The van der Waals surface area contributed by atoms with Gasteiger partial charge in [0.1, 0.15) is 16.7 Å². The van der Waals surface area contributed by atoms with Crippen LogP contribution in [0.5, 0.6) is 5.75 Å². The Balaban J connectivity index is 1.92. The third-order valence-corrected chi connectivity index (χ3v) is 8.70. The van der Waals surface area contributed by atoms with Crippen molar-refractivity contribution in [3.8, 4) is 17.6 Å². The number of ether oxygens (including phenoxy) is 2. The number of hydrogen-bond acceptors (Lipinski definition) is 6. The van der Waals surface area contributed by atoms with Gasteiger partial charge in [0.05, 0.1) is 6.61 Å². The molecular formula is C26H40N2O5S. The smallest absolute Gasteiger partial charge is 0.247 e. The molecule has 7 nitrogen and oxygen atoms in total. The largest absolute Gasteiger partial charge is 0.487 e. The second-order valence-electron chi connectivity index (χ2n) is 9.73. The summed E-state index contributed by atoms with van der Waals surface area (Å²) < 4.78 is 40.5. The first-order valence-corrected chi connectivity index (χ1v) is 13.9. The van der Waals surface area contributed by atoms with Crippen molar-refractivity contribution in [3.05, 3.63) is 23.8 Å². The molecule has 1 fully saturated rings. The fourth-order valence-electron chi connectivity index (χ4n) is 4.56. The van der Waals surface area contributed by atoms with Crippen LogP contribution in [0.25, 0.3) is 0 Å². The molecule has 0 aromatic heterocycles. The van der Waals surface area contributed by atoms with Crippen LogP contribution in [0.3, 0.4) is 0 Å². The lowest BCUT2D eigenvalue weighted by Gasteiger charge is -2.38. The average molecular weight is 493 g/mol. The van der Waals surface area contributed by atoms with Gasteiger partial charge < -0.3 is 19.5 Å². The first-order chi connectivity index (χ1) is 16.3. The van der Waals surface area contributed by atoms with Gasteiger partial charge in [0.25, 0.3) is 0 Å². The van der Waals surface area contributed by atoms with E-state index in [0.717, 1.165) is 51.0 Å². The molecule has 0 bridgehead atoms. The standard InChI is InChI=1S/C26H40N2O5S/c1-5-6-7-8-22-9-10-26-24(15-22)33-25(18-27(4)17-23-11-13-32-14-12-23)20(2)16-28(21(3)19-29)34(26,30)31/h9-10,15,20-21,23,25,29H,5-6,11-14,16-19H2,1-4H3/t20-,21+,25+/m0/s1. The number of likely N-dealkylation sites (N-methyl/N-ethyl adjacent to an activating group) is 1. The van der Waals surface area contributed by atoms with Gasteiger partial charge in [-0.2, -0.15) is 4.31 Å². The first kappa shape index (κ1) is 27.0. The molecule has 34 heavy (non-hydrogen) atoms. The van der Waals surface area contributed by atoms with Gasteiger partial charge in [-0.15, -0.1) is 0 Å². The molecule has 0 saturated carbocycles. The Morgan fingerprint density at radius 3 is 2.68 bits per heavy atom. The normalized spacial score (nSPS) is 24.3. The maximum absolute atomic E-state index is 13.6. The van der Waals surface area contributed by atoms with Crippen molar-refractivity contribution in [2.45, 2.75) is 63.5 Å². The van der Waals surface area contributed by atoms with E-state index in [0.29, 0.717) is 18.2 Å². The van der Waals surface area contributed by atoms with Gasteiger partial charge in [0.2, 0.25) is 10.0 Å². The number of hydrogen-bond donors (Lipinski definition) is 1. The molecule has 190 valence electrons. The van der Waals surface area contributed by atoms with Gasteiger partial charge >= 0.3 is 0 Å². The lowest BCUT2D eigenvalue weighted by atomic mass is 9.98. The van der Waals surface area contributed by atoms with E-state index in [1.54, 1.807) is 25.1 Å². The second-order valence-corrected chi connectivity index (χ2v) is 11.6. The molecule has 0 aliphatic carbocycles. The molecule has 0 amide bonds. The van der Waals surface area contributed by atoms with Crippen molar-refractivity contribution in [2.75, 3.05) is 46.5 Å². The van der Waals surface area contributed by atoms with Gasteiger partial charge in [-0.3, -0.25) is 0 Å². The van der Waals surface area contributed by atoms with Crippen LogP contribution in [0.2, 0.25) is 0 Å². The zero-order valence-corrected chi connectivity index (χ0v) is 21.8. The number of unbranched alkanes of at least 4 members (excludes halogenated alkanes) is 1. The molecule has 1 N–H and O–H groups in total. The summed E-state index contributed by atoms with van der Waals surface area (Å²) in [4.78, 5) is 2.43. The Morgan fingerprint density at radius 2 is 2.00 bits per heavy atom. The van der Waals surface area contributed by atoms with Crippen LogP contribution in [0.1, 0.15) is 52.0 Å². The summed E-state index contributed by atoms with van der Waals surface area (Å²) >= 11 is 0. The topological polar surface area (TPSA) is 79.3 Å². The quantitative estimate of drug-likeness (QED) is 0.590. The number of nitrogens with zero attached hydrogens (tertiary/aromatic N) is 2. The first-order valence-electron chi connectivity index (χ1n) is 12.4.